The molecule has 9 nitrogen and oxygen atoms in total. The highest BCUT2D eigenvalue weighted by Crippen LogP contribution is 2.18. The van der Waals surface area contributed by atoms with Gasteiger partial charge in [-0.1, -0.05) is 71.9 Å². The number of amides is 2. The van der Waals surface area contributed by atoms with Gasteiger partial charge in [0.2, 0.25) is 5.91 Å². The molecule has 0 saturated carbocycles. The highest BCUT2D eigenvalue weighted by Gasteiger charge is 2.36. The van der Waals surface area contributed by atoms with E-state index in [0.29, 0.717) is 6.42 Å². The van der Waals surface area contributed by atoms with Crippen molar-refractivity contribution in [1.82, 2.24) is 10.2 Å². The van der Waals surface area contributed by atoms with Crippen molar-refractivity contribution in [3.8, 4) is 0 Å². The highest BCUT2D eigenvalue weighted by molar-refractivity contribution is 5.89. The largest absolute Gasteiger partial charge is 0.480 e. The third-order valence-corrected chi connectivity index (χ3v) is 5.67. The molecule has 0 saturated heterocycles. The number of hydrogen-bond acceptors (Lipinski definition) is 6. The molecule has 4 atom stereocenters. The molecule has 5 N–H and O–H groups in total. The summed E-state index contributed by atoms with van der Waals surface area (Å²) in [6, 6.07) is 6.34. The number of ether oxygens (including phenoxy) is 1. The number of rotatable bonds is 14. The van der Waals surface area contributed by atoms with E-state index < -0.39 is 42.2 Å². The summed E-state index contributed by atoms with van der Waals surface area (Å²) in [6.07, 6.45) is -1.08. The predicted octanol–water partition coefficient (Wildman–Crippen LogP) is 3.00. The lowest BCUT2D eigenvalue weighted by Crippen LogP contribution is -2.57. The first-order valence-electron chi connectivity index (χ1n) is 12.3. The minimum absolute atomic E-state index is 0.000943. The molecule has 2 amide bonds. The van der Waals surface area contributed by atoms with Crippen LogP contribution in [0.4, 0.5) is 4.79 Å². The van der Waals surface area contributed by atoms with Gasteiger partial charge in [-0.15, -0.1) is 0 Å². The molecule has 2 unspecified atom stereocenters. The summed E-state index contributed by atoms with van der Waals surface area (Å²) in [7, 11) is 0. The summed E-state index contributed by atoms with van der Waals surface area (Å²) >= 11 is 0. The van der Waals surface area contributed by atoms with Gasteiger partial charge in [0.05, 0.1) is 12.6 Å². The Morgan fingerprint density at radius 3 is 2.06 bits per heavy atom. The van der Waals surface area contributed by atoms with Gasteiger partial charge in [0.1, 0.15) is 18.7 Å². The molecule has 0 radical (unpaired) electrons. The summed E-state index contributed by atoms with van der Waals surface area (Å²) in [4.78, 5) is 39.4. The summed E-state index contributed by atoms with van der Waals surface area (Å²) in [6.45, 7) is 10.9. The number of nitrogens with one attached hydrogen (secondary N) is 1. The zero-order valence-electron chi connectivity index (χ0n) is 21.8. The summed E-state index contributed by atoms with van der Waals surface area (Å²) in [5.74, 6) is -1.90. The van der Waals surface area contributed by atoms with E-state index in [-0.39, 0.29) is 37.3 Å². The second-order valence-electron chi connectivity index (χ2n) is 10.3. The standard InChI is InChI=1S/C26H43N3O6/c1-16(2)12-20(27)22(30)14-29(26(34)35-15-19-10-8-7-9-11-19)21(13-17(3)4)24(31)28-23(18(5)6)25(32)33/h7-11,16-18,20-23,30H,12-15,27H2,1-6H3,(H,28,31)(H,32,33)/t20?,21-,22?,23-/m0/s1. The molecule has 35 heavy (non-hydrogen) atoms. The van der Waals surface area contributed by atoms with Crippen molar-refractivity contribution >= 4 is 18.0 Å². The predicted molar refractivity (Wildman–Crippen MR) is 134 cm³/mol. The van der Waals surface area contributed by atoms with Crippen molar-refractivity contribution in [1.29, 1.82) is 0 Å². The van der Waals surface area contributed by atoms with Crippen LogP contribution < -0.4 is 11.1 Å². The number of carbonyl (C=O) groups is 3. The molecule has 0 aliphatic carbocycles. The molecule has 0 fully saturated rings. The van der Waals surface area contributed by atoms with E-state index in [1.54, 1.807) is 13.8 Å². The Labute approximate surface area is 209 Å². The third-order valence-electron chi connectivity index (χ3n) is 5.67. The van der Waals surface area contributed by atoms with E-state index in [4.69, 9.17) is 10.5 Å². The topological polar surface area (TPSA) is 142 Å². The van der Waals surface area contributed by atoms with Gasteiger partial charge in [0, 0.05) is 6.04 Å². The van der Waals surface area contributed by atoms with Gasteiger partial charge < -0.3 is 26.0 Å². The number of nitrogens with zero attached hydrogens (tertiary/aromatic N) is 1. The van der Waals surface area contributed by atoms with Crippen LogP contribution in [0.15, 0.2) is 30.3 Å². The van der Waals surface area contributed by atoms with Gasteiger partial charge >= 0.3 is 12.1 Å². The van der Waals surface area contributed by atoms with Crippen LogP contribution in [0.3, 0.4) is 0 Å². The lowest BCUT2D eigenvalue weighted by atomic mass is 9.97. The van der Waals surface area contributed by atoms with Gasteiger partial charge in [-0.3, -0.25) is 9.69 Å². The van der Waals surface area contributed by atoms with Gasteiger partial charge in [0.25, 0.3) is 0 Å². The molecule has 0 aliphatic heterocycles. The molecular formula is C26H43N3O6. The second kappa shape index (κ2) is 14.7. The molecule has 0 aliphatic rings. The van der Waals surface area contributed by atoms with Gasteiger partial charge in [0.15, 0.2) is 0 Å². The van der Waals surface area contributed by atoms with Crippen LogP contribution in [-0.2, 0) is 20.9 Å². The first-order chi connectivity index (χ1) is 16.3. The molecule has 0 bridgehead atoms. The fourth-order valence-corrected chi connectivity index (χ4v) is 3.75. The fourth-order valence-electron chi connectivity index (χ4n) is 3.75. The van der Waals surface area contributed by atoms with E-state index in [0.717, 1.165) is 5.56 Å². The van der Waals surface area contributed by atoms with Crippen LogP contribution in [0.2, 0.25) is 0 Å². The number of aliphatic hydroxyl groups is 1. The first kappa shape index (κ1) is 30.4. The summed E-state index contributed by atoms with van der Waals surface area (Å²) < 4.78 is 5.50. The molecule has 1 aromatic rings. The smallest absolute Gasteiger partial charge is 0.410 e. The molecule has 0 heterocycles. The first-order valence-corrected chi connectivity index (χ1v) is 12.3. The molecule has 1 aromatic carbocycles. The number of hydrogen-bond donors (Lipinski definition) is 4. The van der Waals surface area contributed by atoms with Crippen LogP contribution in [0, 0.1) is 17.8 Å². The minimum atomic E-state index is -1.16. The van der Waals surface area contributed by atoms with Crippen molar-refractivity contribution in [3.05, 3.63) is 35.9 Å². The lowest BCUT2D eigenvalue weighted by Gasteiger charge is -2.35. The van der Waals surface area contributed by atoms with Crippen LogP contribution in [0.25, 0.3) is 0 Å². The quantitative estimate of drug-likeness (QED) is 0.312. The SMILES string of the molecule is CC(C)CC(N)C(O)CN(C(=O)OCc1ccccc1)[C@@H](CC(C)C)C(=O)N[C@H](C(=O)O)C(C)C. The van der Waals surface area contributed by atoms with Gasteiger partial charge in [-0.05, 0) is 36.2 Å². The molecular weight excluding hydrogens is 450 g/mol. The van der Waals surface area contributed by atoms with Crippen molar-refractivity contribution in [2.24, 2.45) is 23.5 Å². The molecule has 198 valence electrons. The Morgan fingerprint density at radius 2 is 1.57 bits per heavy atom. The zero-order valence-corrected chi connectivity index (χ0v) is 21.8. The number of nitrogens with two attached hydrogens (primary N) is 1. The molecule has 0 spiro atoms. The van der Waals surface area contributed by atoms with Gasteiger partial charge in [-0.25, -0.2) is 9.59 Å². The average Bonchev–Trinajstić information content (AvgIpc) is 2.77. The summed E-state index contributed by atoms with van der Waals surface area (Å²) in [5, 5.41) is 22.9. The molecule has 9 heteroatoms. The van der Waals surface area contributed by atoms with E-state index in [9.17, 15) is 24.6 Å². The number of aliphatic hydroxyl groups excluding tert-OH is 1. The van der Waals surface area contributed by atoms with Crippen LogP contribution in [-0.4, -0.2) is 63.9 Å². The van der Waals surface area contributed by atoms with Crippen molar-refractivity contribution in [2.45, 2.75) is 85.2 Å². The highest BCUT2D eigenvalue weighted by atomic mass is 16.6. The van der Waals surface area contributed by atoms with E-state index in [2.05, 4.69) is 5.32 Å². The molecule has 1 rings (SSSR count). The Bertz CT molecular complexity index is 800. The third kappa shape index (κ3) is 10.7. The fraction of sp³-hybridized carbons (Fsp3) is 0.654. The minimum Gasteiger partial charge on any atom is -0.480 e. The van der Waals surface area contributed by atoms with Gasteiger partial charge in [-0.2, -0.15) is 0 Å². The van der Waals surface area contributed by atoms with Crippen molar-refractivity contribution < 1.29 is 29.3 Å². The van der Waals surface area contributed by atoms with E-state index in [1.165, 1.54) is 4.90 Å². The van der Waals surface area contributed by atoms with Crippen molar-refractivity contribution in [2.75, 3.05) is 6.54 Å². The monoisotopic (exact) mass is 493 g/mol. The maximum absolute atomic E-state index is 13.3. The van der Waals surface area contributed by atoms with E-state index >= 15 is 0 Å². The second-order valence-corrected chi connectivity index (χ2v) is 10.3. The Balaban J connectivity index is 3.23. The maximum atomic E-state index is 13.3. The van der Waals surface area contributed by atoms with Crippen molar-refractivity contribution in [3.63, 3.8) is 0 Å². The van der Waals surface area contributed by atoms with Crippen LogP contribution >= 0.6 is 0 Å². The van der Waals surface area contributed by atoms with Crippen LogP contribution in [0.5, 0.6) is 0 Å². The number of benzene rings is 1. The normalized spacial score (nSPS) is 14.9. The number of carbonyl (C=O) groups excluding carboxylic acids is 2. The van der Waals surface area contributed by atoms with Crippen LogP contribution in [0.1, 0.15) is 59.9 Å². The average molecular weight is 494 g/mol. The number of aliphatic carboxylic acids is 1. The Hall–Kier alpha value is -2.65. The number of carboxylic acids is 1. The Morgan fingerprint density at radius 1 is 1.00 bits per heavy atom. The van der Waals surface area contributed by atoms with E-state index in [1.807, 2.05) is 58.0 Å². The lowest BCUT2D eigenvalue weighted by molar-refractivity contribution is -0.144. The zero-order chi connectivity index (χ0) is 26.7. The summed E-state index contributed by atoms with van der Waals surface area (Å²) in [5.41, 5.74) is 6.93. The number of carboxylic acid groups (broad SMARTS) is 1. The molecule has 0 aromatic heterocycles. The Kier molecular flexibility index (Phi) is 12.7. The maximum Gasteiger partial charge on any atom is 0.410 e.